The molecular weight excluding hydrogens is 238 g/mol. The van der Waals surface area contributed by atoms with Gasteiger partial charge >= 0.3 is 6.01 Å². The Morgan fingerprint density at radius 1 is 1.32 bits per heavy atom. The first kappa shape index (κ1) is 13.2. The summed E-state index contributed by atoms with van der Waals surface area (Å²) in [5.41, 5.74) is 8.35. The fourth-order valence-electron chi connectivity index (χ4n) is 1.71. The average Bonchev–Trinajstić information content (AvgIpc) is 2.41. The normalized spacial score (nSPS) is 10.9. The van der Waals surface area contributed by atoms with Crippen molar-refractivity contribution in [2.45, 2.75) is 20.4 Å². The first-order valence-electron chi connectivity index (χ1n) is 6.16. The smallest absolute Gasteiger partial charge is 0.322 e. The molecule has 4 nitrogen and oxygen atoms in total. The van der Waals surface area contributed by atoms with Crippen molar-refractivity contribution in [1.29, 1.82) is 0 Å². The number of para-hydroxylation sites is 1. The molecule has 1 aromatic heterocycles. The number of rotatable bonds is 4. The first-order chi connectivity index (χ1) is 9.24. The molecule has 4 heteroatoms. The van der Waals surface area contributed by atoms with Crippen LogP contribution in [0.1, 0.15) is 23.7 Å². The van der Waals surface area contributed by atoms with E-state index in [1.54, 1.807) is 6.20 Å². The van der Waals surface area contributed by atoms with Crippen LogP contribution in [0.3, 0.4) is 0 Å². The Morgan fingerprint density at radius 3 is 2.79 bits per heavy atom. The maximum atomic E-state index is 5.73. The molecule has 0 amide bonds. The Hall–Kier alpha value is -2.20. The van der Waals surface area contributed by atoms with Gasteiger partial charge in [0, 0.05) is 29.6 Å². The highest BCUT2D eigenvalue weighted by Crippen LogP contribution is 2.24. The zero-order valence-corrected chi connectivity index (χ0v) is 11.1. The van der Waals surface area contributed by atoms with Crippen LogP contribution in [-0.2, 0) is 6.54 Å². The first-order valence-corrected chi connectivity index (χ1v) is 6.16. The van der Waals surface area contributed by atoms with Crippen LogP contribution in [0.25, 0.3) is 6.08 Å². The van der Waals surface area contributed by atoms with Gasteiger partial charge in [0.1, 0.15) is 5.75 Å². The number of nitrogens with two attached hydrogens (primary N) is 1. The van der Waals surface area contributed by atoms with E-state index in [2.05, 4.69) is 9.97 Å². The number of aromatic nitrogens is 2. The lowest BCUT2D eigenvalue weighted by Crippen LogP contribution is -2.03. The summed E-state index contributed by atoms with van der Waals surface area (Å²) in [4.78, 5) is 8.47. The van der Waals surface area contributed by atoms with Gasteiger partial charge in [-0.25, -0.2) is 4.98 Å². The maximum absolute atomic E-state index is 5.73. The van der Waals surface area contributed by atoms with Crippen LogP contribution in [0.2, 0.25) is 0 Å². The lowest BCUT2D eigenvalue weighted by Gasteiger charge is -2.08. The predicted molar refractivity (Wildman–Crippen MR) is 75.9 cm³/mol. The van der Waals surface area contributed by atoms with E-state index in [1.807, 2.05) is 50.3 Å². The number of hydrogen-bond acceptors (Lipinski definition) is 4. The minimum Gasteiger partial charge on any atom is -0.424 e. The number of allylic oxidation sites excluding steroid dienone is 1. The van der Waals surface area contributed by atoms with Gasteiger partial charge in [0.25, 0.3) is 0 Å². The van der Waals surface area contributed by atoms with E-state index in [4.69, 9.17) is 10.5 Å². The number of ether oxygens (including phenoxy) is 1. The summed E-state index contributed by atoms with van der Waals surface area (Å²) in [5, 5.41) is 0. The Morgan fingerprint density at radius 2 is 2.11 bits per heavy atom. The topological polar surface area (TPSA) is 61.0 Å². The third kappa shape index (κ3) is 3.17. The molecule has 0 aliphatic carbocycles. The van der Waals surface area contributed by atoms with E-state index in [-0.39, 0.29) is 0 Å². The van der Waals surface area contributed by atoms with Crippen LogP contribution < -0.4 is 10.5 Å². The van der Waals surface area contributed by atoms with E-state index >= 15 is 0 Å². The van der Waals surface area contributed by atoms with E-state index in [0.717, 1.165) is 22.6 Å². The van der Waals surface area contributed by atoms with Crippen LogP contribution in [0, 0.1) is 6.92 Å². The molecule has 19 heavy (non-hydrogen) atoms. The second-order valence-electron chi connectivity index (χ2n) is 4.11. The number of benzene rings is 1. The molecule has 1 aromatic carbocycles. The molecule has 0 bridgehead atoms. The van der Waals surface area contributed by atoms with E-state index in [1.165, 1.54) is 0 Å². The van der Waals surface area contributed by atoms with Crippen LogP contribution in [0.15, 0.2) is 36.5 Å². The van der Waals surface area contributed by atoms with Gasteiger partial charge in [-0.05, 0) is 19.9 Å². The molecule has 2 rings (SSSR count). The highest BCUT2D eigenvalue weighted by molar-refractivity contribution is 5.57. The molecule has 0 aliphatic heterocycles. The van der Waals surface area contributed by atoms with Crippen molar-refractivity contribution < 1.29 is 4.74 Å². The van der Waals surface area contributed by atoms with E-state index in [0.29, 0.717) is 12.6 Å². The largest absolute Gasteiger partial charge is 0.424 e. The highest BCUT2D eigenvalue weighted by Gasteiger charge is 2.06. The van der Waals surface area contributed by atoms with Crippen LogP contribution in [0.4, 0.5) is 0 Å². The number of nitrogens with zero attached hydrogens (tertiary/aromatic N) is 2. The number of aryl methyl sites for hydroxylation is 1. The summed E-state index contributed by atoms with van der Waals surface area (Å²) in [6.45, 7) is 4.29. The van der Waals surface area contributed by atoms with Crippen molar-refractivity contribution in [1.82, 2.24) is 9.97 Å². The van der Waals surface area contributed by atoms with Crippen molar-refractivity contribution in [3.8, 4) is 11.8 Å². The average molecular weight is 255 g/mol. The standard InChI is InChI=1S/C15H17N3O/c1-3-6-12-7-4-5-8-14(12)19-15-17-10-13(9-16)11(2)18-15/h3-8,10H,9,16H2,1-2H3/b6-3+. The maximum Gasteiger partial charge on any atom is 0.322 e. The molecule has 0 unspecified atom stereocenters. The molecule has 98 valence electrons. The van der Waals surface area contributed by atoms with E-state index in [9.17, 15) is 0 Å². The van der Waals surface area contributed by atoms with Gasteiger partial charge in [0.05, 0.1) is 0 Å². The van der Waals surface area contributed by atoms with Crippen molar-refractivity contribution in [3.05, 3.63) is 53.4 Å². The molecular formula is C15H17N3O. The van der Waals surface area contributed by atoms with Crippen molar-refractivity contribution in [2.24, 2.45) is 5.73 Å². The Labute approximate surface area is 113 Å². The van der Waals surface area contributed by atoms with E-state index < -0.39 is 0 Å². The molecule has 0 aliphatic rings. The van der Waals surface area contributed by atoms with Gasteiger partial charge in [0.15, 0.2) is 0 Å². The third-order valence-corrected chi connectivity index (χ3v) is 2.75. The van der Waals surface area contributed by atoms with Gasteiger partial charge < -0.3 is 10.5 Å². The lowest BCUT2D eigenvalue weighted by atomic mass is 10.2. The molecule has 2 aromatic rings. The monoisotopic (exact) mass is 255 g/mol. The fraction of sp³-hybridized carbons (Fsp3) is 0.200. The summed E-state index contributed by atoms with van der Waals surface area (Å²) in [5.74, 6) is 0.737. The van der Waals surface area contributed by atoms with Gasteiger partial charge in [-0.2, -0.15) is 4.98 Å². The minimum absolute atomic E-state index is 0.339. The quantitative estimate of drug-likeness (QED) is 0.912. The Bertz CT molecular complexity index is 594. The Balaban J connectivity index is 2.28. The molecule has 0 saturated carbocycles. The van der Waals surface area contributed by atoms with Crippen LogP contribution in [-0.4, -0.2) is 9.97 Å². The number of hydrogen-bond donors (Lipinski definition) is 1. The van der Waals surface area contributed by atoms with Gasteiger partial charge in [-0.3, -0.25) is 0 Å². The zero-order chi connectivity index (χ0) is 13.7. The second kappa shape index (κ2) is 6.11. The van der Waals surface area contributed by atoms with Crippen molar-refractivity contribution in [2.75, 3.05) is 0 Å². The molecule has 2 N–H and O–H groups in total. The molecule has 1 heterocycles. The summed E-state index contributed by atoms with van der Waals surface area (Å²) in [6.07, 6.45) is 5.65. The molecule has 0 radical (unpaired) electrons. The molecule has 0 spiro atoms. The lowest BCUT2D eigenvalue weighted by molar-refractivity contribution is 0.438. The highest BCUT2D eigenvalue weighted by atomic mass is 16.5. The second-order valence-corrected chi connectivity index (χ2v) is 4.11. The van der Waals surface area contributed by atoms with Gasteiger partial charge in [-0.15, -0.1) is 0 Å². The summed E-state index contributed by atoms with van der Waals surface area (Å²) >= 11 is 0. The minimum atomic E-state index is 0.339. The summed E-state index contributed by atoms with van der Waals surface area (Å²) in [6, 6.07) is 8.10. The zero-order valence-electron chi connectivity index (χ0n) is 11.1. The van der Waals surface area contributed by atoms with Crippen LogP contribution in [0.5, 0.6) is 11.8 Å². The predicted octanol–water partition coefficient (Wildman–Crippen LogP) is 3.07. The molecule has 0 saturated heterocycles. The fourth-order valence-corrected chi connectivity index (χ4v) is 1.71. The van der Waals surface area contributed by atoms with Crippen molar-refractivity contribution >= 4 is 6.08 Å². The van der Waals surface area contributed by atoms with Gasteiger partial charge in [0.2, 0.25) is 0 Å². The Kier molecular flexibility index (Phi) is 4.26. The van der Waals surface area contributed by atoms with Crippen LogP contribution >= 0.6 is 0 Å². The van der Waals surface area contributed by atoms with Gasteiger partial charge in [-0.1, -0.05) is 30.4 Å². The van der Waals surface area contributed by atoms with Crippen molar-refractivity contribution in [3.63, 3.8) is 0 Å². The SMILES string of the molecule is C/C=C/c1ccccc1Oc1ncc(CN)c(C)n1. The molecule has 0 atom stereocenters. The molecule has 0 fully saturated rings. The summed E-state index contributed by atoms with van der Waals surface area (Å²) < 4.78 is 5.73. The third-order valence-electron chi connectivity index (χ3n) is 2.75. The summed E-state index contributed by atoms with van der Waals surface area (Å²) in [7, 11) is 0.